The number of rotatable bonds is 5. The Labute approximate surface area is 124 Å². The molecule has 0 amide bonds. The summed E-state index contributed by atoms with van der Waals surface area (Å²) < 4.78 is 5.48. The van der Waals surface area contributed by atoms with E-state index in [1.807, 2.05) is 44.2 Å². The molecular formula is C18H17NO2. The van der Waals surface area contributed by atoms with Gasteiger partial charge in [0.1, 0.15) is 11.7 Å². The molecule has 0 saturated carbocycles. The summed E-state index contributed by atoms with van der Waals surface area (Å²) in [6.07, 6.45) is 0. The third kappa shape index (κ3) is 3.29. The number of carbonyl (C=O) groups is 1. The minimum absolute atomic E-state index is 0.229. The number of carbonyl (C=O) groups excluding carboxylic acids is 1. The number of para-hydroxylation sites is 1. The van der Waals surface area contributed by atoms with E-state index in [2.05, 4.69) is 6.07 Å². The van der Waals surface area contributed by atoms with Gasteiger partial charge in [0.15, 0.2) is 5.78 Å². The lowest BCUT2D eigenvalue weighted by atomic mass is 9.90. The molecule has 3 nitrogen and oxygen atoms in total. The van der Waals surface area contributed by atoms with Crippen LogP contribution in [-0.4, -0.2) is 12.4 Å². The van der Waals surface area contributed by atoms with Crippen molar-refractivity contribution in [3.8, 4) is 11.8 Å². The lowest BCUT2D eigenvalue weighted by Gasteiger charge is -2.13. The molecule has 0 aliphatic heterocycles. The Morgan fingerprint density at radius 1 is 1.24 bits per heavy atom. The molecule has 0 spiro atoms. The minimum Gasteiger partial charge on any atom is -0.493 e. The first-order valence-electron chi connectivity index (χ1n) is 6.89. The molecule has 0 saturated heterocycles. The van der Waals surface area contributed by atoms with Gasteiger partial charge in [0, 0.05) is 0 Å². The van der Waals surface area contributed by atoms with Gasteiger partial charge in [0.05, 0.1) is 18.2 Å². The third-order valence-corrected chi connectivity index (χ3v) is 3.22. The fourth-order valence-corrected chi connectivity index (χ4v) is 2.24. The number of ketones is 1. The van der Waals surface area contributed by atoms with Crippen LogP contribution in [0, 0.1) is 18.3 Å². The fraction of sp³-hybridized carbons (Fsp3) is 0.222. The summed E-state index contributed by atoms with van der Waals surface area (Å²) in [5, 5.41) is 9.41. The Balaban J connectivity index is 2.40. The van der Waals surface area contributed by atoms with Crippen LogP contribution in [0.25, 0.3) is 0 Å². The molecule has 2 aromatic carbocycles. The first-order valence-corrected chi connectivity index (χ1v) is 6.89. The van der Waals surface area contributed by atoms with Crippen LogP contribution >= 0.6 is 0 Å². The van der Waals surface area contributed by atoms with Crippen LogP contribution in [-0.2, 0) is 0 Å². The van der Waals surface area contributed by atoms with E-state index in [1.54, 1.807) is 18.2 Å². The Bertz CT molecular complexity index is 686. The van der Waals surface area contributed by atoms with Gasteiger partial charge in [-0.15, -0.1) is 0 Å². The van der Waals surface area contributed by atoms with E-state index < -0.39 is 5.92 Å². The van der Waals surface area contributed by atoms with Crippen LogP contribution in [0.4, 0.5) is 0 Å². The number of nitrogens with zero attached hydrogens (tertiary/aromatic N) is 1. The molecule has 0 bridgehead atoms. The number of benzene rings is 2. The van der Waals surface area contributed by atoms with Gasteiger partial charge in [0.2, 0.25) is 0 Å². The van der Waals surface area contributed by atoms with Gasteiger partial charge in [-0.25, -0.2) is 0 Å². The van der Waals surface area contributed by atoms with Gasteiger partial charge in [-0.1, -0.05) is 42.0 Å². The van der Waals surface area contributed by atoms with E-state index in [1.165, 1.54) is 0 Å². The first kappa shape index (κ1) is 14.8. The molecule has 0 aliphatic carbocycles. The number of hydrogen-bond acceptors (Lipinski definition) is 3. The third-order valence-electron chi connectivity index (χ3n) is 3.22. The number of nitriles is 1. The van der Waals surface area contributed by atoms with E-state index in [9.17, 15) is 10.1 Å². The molecule has 0 radical (unpaired) electrons. The SMILES string of the molecule is CCOc1ccccc1C(=O)C(C#N)c1cccc(C)c1. The van der Waals surface area contributed by atoms with Crippen molar-refractivity contribution < 1.29 is 9.53 Å². The quantitative estimate of drug-likeness (QED) is 0.780. The van der Waals surface area contributed by atoms with Crippen molar-refractivity contribution in [1.29, 1.82) is 5.26 Å². The monoisotopic (exact) mass is 279 g/mol. The summed E-state index contributed by atoms with van der Waals surface area (Å²) in [5.41, 5.74) is 2.19. The predicted molar refractivity (Wildman–Crippen MR) is 81.5 cm³/mol. The summed E-state index contributed by atoms with van der Waals surface area (Å²) >= 11 is 0. The Morgan fingerprint density at radius 2 is 2.00 bits per heavy atom. The molecule has 1 atom stereocenters. The highest BCUT2D eigenvalue weighted by Gasteiger charge is 2.24. The van der Waals surface area contributed by atoms with Crippen molar-refractivity contribution in [2.75, 3.05) is 6.61 Å². The number of ether oxygens (including phenoxy) is 1. The molecule has 2 aromatic rings. The van der Waals surface area contributed by atoms with E-state index in [-0.39, 0.29) is 5.78 Å². The van der Waals surface area contributed by atoms with Crippen molar-refractivity contribution in [2.45, 2.75) is 19.8 Å². The molecule has 1 unspecified atom stereocenters. The van der Waals surface area contributed by atoms with Gasteiger partial charge in [-0.05, 0) is 31.5 Å². The lowest BCUT2D eigenvalue weighted by molar-refractivity contribution is 0.0975. The van der Waals surface area contributed by atoms with E-state index >= 15 is 0 Å². The molecule has 2 rings (SSSR count). The van der Waals surface area contributed by atoms with Crippen molar-refractivity contribution in [1.82, 2.24) is 0 Å². The van der Waals surface area contributed by atoms with Crippen LogP contribution in [0.2, 0.25) is 0 Å². The van der Waals surface area contributed by atoms with Crippen molar-refractivity contribution in [2.24, 2.45) is 0 Å². The second kappa shape index (κ2) is 6.71. The molecule has 106 valence electrons. The van der Waals surface area contributed by atoms with Crippen LogP contribution < -0.4 is 4.74 Å². The normalized spacial score (nSPS) is 11.5. The van der Waals surface area contributed by atoms with Crippen molar-refractivity contribution in [3.63, 3.8) is 0 Å². The summed E-state index contributed by atoms with van der Waals surface area (Å²) in [7, 11) is 0. The van der Waals surface area contributed by atoms with E-state index in [4.69, 9.17) is 4.74 Å². The zero-order chi connectivity index (χ0) is 15.2. The maximum Gasteiger partial charge on any atom is 0.188 e. The predicted octanol–water partition coefficient (Wildman–Crippen LogP) is 3.88. The van der Waals surface area contributed by atoms with Crippen LogP contribution in [0.15, 0.2) is 48.5 Å². The number of hydrogen-bond donors (Lipinski definition) is 0. The highest BCUT2D eigenvalue weighted by Crippen LogP contribution is 2.26. The highest BCUT2D eigenvalue weighted by atomic mass is 16.5. The maximum atomic E-state index is 12.7. The van der Waals surface area contributed by atoms with E-state index in [0.717, 1.165) is 5.56 Å². The van der Waals surface area contributed by atoms with Crippen LogP contribution in [0.3, 0.4) is 0 Å². The van der Waals surface area contributed by atoms with Gasteiger partial charge in [-0.3, -0.25) is 4.79 Å². The van der Waals surface area contributed by atoms with E-state index in [0.29, 0.717) is 23.5 Å². The highest BCUT2D eigenvalue weighted by molar-refractivity contribution is 6.04. The Morgan fingerprint density at radius 3 is 2.67 bits per heavy atom. The van der Waals surface area contributed by atoms with Gasteiger partial charge in [0.25, 0.3) is 0 Å². The average Bonchev–Trinajstić information content (AvgIpc) is 2.49. The van der Waals surface area contributed by atoms with Gasteiger partial charge < -0.3 is 4.74 Å². The van der Waals surface area contributed by atoms with Crippen LogP contribution in [0.5, 0.6) is 5.75 Å². The largest absolute Gasteiger partial charge is 0.493 e. The molecule has 3 heteroatoms. The summed E-state index contributed by atoms with van der Waals surface area (Å²) in [4.78, 5) is 12.7. The van der Waals surface area contributed by atoms with Crippen LogP contribution in [0.1, 0.15) is 34.3 Å². The number of Topliss-reactive ketones (excluding diaryl/α,β-unsaturated/α-hetero) is 1. The molecule has 0 aromatic heterocycles. The van der Waals surface area contributed by atoms with Gasteiger partial charge in [-0.2, -0.15) is 5.26 Å². The second-order valence-electron chi connectivity index (χ2n) is 4.77. The molecule has 0 heterocycles. The Hall–Kier alpha value is -2.60. The summed E-state index contributed by atoms with van der Waals surface area (Å²) in [6, 6.07) is 16.6. The first-order chi connectivity index (χ1) is 10.2. The standard InChI is InChI=1S/C18H17NO2/c1-3-21-17-10-5-4-9-15(17)18(20)16(12-19)14-8-6-7-13(2)11-14/h4-11,16H,3H2,1-2H3. The zero-order valence-electron chi connectivity index (χ0n) is 12.2. The number of aryl methyl sites for hydroxylation is 1. The smallest absolute Gasteiger partial charge is 0.188 e. The topological polar surface area (TPSA) is 50.1 Å². The fourth-order valence-electron chi connectivity index (χ4n) is 2.24. The minimum atomic E-state index is -0.813. The average molecular weight is 279 g/mol. The maximum absolute atomic E-state index is 12.7. The zero-order valence-corrected chi connectivity index (χ0v) is 12.2. The molecule has 0 fully saturated rings. The molecule has 0 aliphatic rings. The molecular weight excluding hydrogens is 262 g/mol. The van der Waals surface area contributed by atoms with Crippen molar-refractivity contribution >= 4 is 5.78 Å². The lowest BCUT2D eigenvalue weighted by Crippen LogP contribution is -2.13. The van der Waals surface area contributed by atoms with Crippen molar-refractivity contribution in [3.05, 3.63) is 65.2 Å². The summed E-state index contributed by atoms with van der Waals surface area (Å²) in [6.45, 7) is 4.28. The van der Waals surface area contributed by atoms with Gasteiger partial charge >= 0.3 is 0 Å². The Kier molecular flexibility index (Phi) is 4.73. The second-order valence-corrected chi connectivity index (χ2v) is 4.77. The molecule has 21 heavy (non-hydrogen) atoms. The summed E-state index contributed by atoms with van der Waals surface area (Å²) in [5.74, 6) is -0.517. The molecule has 0 N–H and O–H groups in total.